The Balaban J connectivity index is 2.31. The maximum atomic E-state index is 9.93. The molecule has 0 bridgehead atoms. The fourth-order valence-corrected chi connectivity index (χ4v) is 1.41. The van der Waals surface area contributed by atoms with Crippen molar-refractivity contribution in [3.05, 3.63) is 36.2 Å². The number of aliphatic hydroxyl groups excluding tert-OH is 1. The second-order valence-electron chi connectivity index (χ2n) is 2.95. The lowest BCUT2D eigenvalue weighted by molar-refractivity contribution is 0.199. The smallest absolute Gasteiger partial charge is 0.153 e. The maximum Gasteiger partial charge on any atom is 0.153 e. The molecule has 0 aliphatic heterocycles. The molecule has 0 saturated carbocycles. The maximum absolute atomic E-state index is 9.93. The second-order valence-corrected chi connectivity index (χ2v) is 2.95. The molecule has 1 atom stereocenters. The number of hydrogen-bond donors (Lipinski definition) is 2. The SMILES string of the molecule is CCn1nccc1C(O)c1ncc[nH]1. The molecule has 0 amide bonds. The number of rotatable bonds is 3. The van der Waals surface area contributed by atoms with Crippen molar-refractivity contribution < 1.29 is 5.11 Å². The Labute approximate surface area is 81.4 Å². The van der Waals surface area contributed by atoms with Gasteiger partial charge in [0.25, 0.3) is 0 Å². The predicted molar refractivity (Wildman–Crippen MR) is 50.6 cm³/mol. The minimum Gasteiger partial charge on any atom is -0.379 e. The molecule has 0 radical (unpaired) electrons. The number of aromatic nitrogens is 4. The molecule has 2 aromatic rings. The Morgan fingerprint density at radius 2 is 2.43 bits per heavy atom. The first kappa shape index (κ1) is 8.96. The first-order valence-corrected chi connectivity index (χ1v) is 4.52. The van der Waals surface area contributed by atoms with Crippen LogP contribution in [0.3, 0.4) is 0 Å². The molecule has 2 heterocycles. The summed E-state index contributed by atoms with van der Waals surface area (Å²) in [6.07, 6.45) is 4.24. The van der Waals surface area contributed by atoms with Gasteiger partial charge in [0.05, 0.1) is 5.69 Å². The second kappa shape index (κ2) is 3.63. The molecule has 2 N–H and O–H groups in total. The van der Waals surface area contributed by atoms with Gasteiger partial charge in [0.15, 0.2) is 6.10 Å². The lowest BCUT2D eigenvalue weighted by atomic mass is 10.2. The molecule has 0 fully saturated rings. The number of aryl methyl sites for hydroxylation is 1. The third kappa shape index (κ3) is 1.42. The van der Waals surface area contributed by atoms with Gasteiger partial charge in [-0.1, -0.05) is 0 Å². The van der Waals surface area contributed by atoms with Crippen LogP contribution in [0.4, 0.5) is 0 Å². The summed E-state index contributed by atoms with van der Waals surface area (Å²) in [5, 5.41) is 14.0. The number of imidazole rings is 1. The van der Waals surface area contributed by atoms with E-state index in [9.17, 15) is 5.11 Å². The van der Waals surface area contributed by atoms with Crippen LogP contribution in [0, 0.1) is 0 Å². The van der Waals surface area contributed by atoms with Crippen molar-refractivity contribution in [1.82, 2.24) is 19.7 Å². The summed E-state index contributed by atoms with van der Waals surface area (Å²) in [6, 6.07) is 1.79. The highest BCUT2D eigenvalue weighted by molar-refractivity contribution is 5.13. The molecular weight excluding hydrogens is 180 g/mol. The van der Waals surface area contributed by atoms with Gasteiger partial charge in [-0.2, -0.15) is 5.10 Å². The number of nitrogens with zero attached hydrogens (tertiary/aromatic N) is 3. The Morgan fingerprint density at radius 1 is 1.57 bits per heavy atom. The minimum absolute atomic E-state index is 0.542. The summed E-state index contributed by atoms with van der Waals surface area (Å²) in [5.74, 6) is 0.542. The van der Waals surface area contributed by atoms with Crippen LogP contribution < -0.4 is 0 Å². The molecule has 5 heteroatoms. The van der Waals surface area contributed by atoms with Crippen LogP contribution in [0.25, 0.3) is 0 Å². The van der Waals surface area contributed by atoms with Gasteiger partial charge in [0, 0.05) is 25.1 Å². The van der Waals surface area contributed by atoms with Gasteiger partial charge in [0.1, 0.15) is 5.82 Å². The Morgan fingerprint density at radius 3 is 3.07 bits per heavy atom. The summed E-state index contributed by atoms with van der Waals surface area (Å²) in [7, 11) is 0. The summed E-state index contributed by atoms with van der Waals surface area (Å²) in [6.45, 7) is 2.71. The van der Waals surface area contributed by atoms with Crippen LogP contribution in [0.15, 0.2) is 24.7 Å². The molecular formula is C9H12N4O. The molecule has 74 valence electrons. The van der Waals surface area contributed by atoms with Crippen molar-refractivity contribution in [2.24, 2.45) is 0 Å². The van der Waals surface area contributed by atoms with E-state index in [4.69, 9.17) is 0 Å². The summed E-state index contributed by atoms with van der Waals surface area (Å²) < 4.78 is 1.74. The normalized spacial score (nSPS) is 13.0. The van der Waals surface area contributed by atoms with Gasteiger partial charge in [-0.15, -0.1) is 0 Å². The van der Waals surface area contributed by atoms with Gasteiger partial charge < -0.3 is 10.1 Å². The van der Waals surface area contributed by atoms with E-state index < -0.39 is 6.10 Å². The topological polar surface area (TPSA) is 66.7 Å². The first-order chi connectivity index (χ1) is 6.83. The molecule has 0 saturated heterocycles. The zero-order valence-electron chi connectivity index (χ0n) is 7.88. The van der Waals surface area contributed by atoms with Gasteiger partial charge in [-0.3, -0.25) is 4.68 Å². The fraction of sp³-hybridized carbons (Fsp3) is 0.333. The van der Waals surface area contributed by atoms with Crippen molar-refractivity contribution in [1.29, 1.82) is 0 Å². The third-order valence-corrected chi connectivity index (χ3v) is 2.11. The van der Waals surface area contributed by atoms with E-state index in [1.807, 2.05) is 6.92 Å². The number of aliphatic hydroxyl groups is 1. The van der Waals surface area contributed by atoms with Crippen LogP contribution >= 0.6 is 0 Å². The average Bonchev–Trinajstić information content (AvgIpc) is 2.87. The van der Waals surface area contributed by atoms with E-state index in [2.05, 4.69) is 15.1 Å². The predicted octanol–water partition coefficient (Wildman–Crippen LogP) is 0.708. The van der Waals surface area contributed by atoms with Crippen LogP contribution in [0.1, 0.15) is 24.5 Å². The highest BCUT2D eigenvalue weighted by atomic mass is 16.3. The molecule has 14 heavy (non-hydrogen) atoms. The van der Waals surface area contributed by atoms with Gasteiger partial charge in [-0.05, 0) is 13.0 Å². The summed E-state index contributed by atoms with van der Waals surface area (Å²) in [5.41, 5.74) is 0.752. The highest BCUT2D eigenvalue weighted by Crippen LogP contribution is 2.17. The monoisotopic (exact) mass is 192 g/mol. The average molecular weight is 192 g/mol. The van der Waals surface area contributed by atoms with Gasteiger partial charge in [0.2, 0.25) is 0 Å². The molecule has 5 nitrogen and oxygen atoms in total. The van der Waals surface area contributed by atoms with Crippen molar-refractivity contribution in [3.63, 3.8) is 0 Å². The standard InChI is InChI=1S/C9H12N4O/c1-2-13-7(3-4-12-13)8(14)9-10-5-6-11-9/h3-6,8,14H,2H2,1H3,(H,10,11). The molecule has 0 spiro atoms. The zero-order valence-corrected chi connectivity index (χ0v) is 7.88. The lowest BCUT2D eigenvalue weighted by Crippen LogP contribution is -2.10. The largest absolute Gasteiger partial charge is 0.379 e. The van der Waals surface area contributed by atoms with Gasteiger partial charge >= 0.3 is 0 Å². The highest BCUT2D eigenvalue weighted by Gasteiger charge is 2.16. The molecule has 0 aliphatic carbocycles. The number of H-pyrrole nitrogens is 1. The van der Waals surface area contributed by atoms with Crippen LogP contribution in [0.2, 0.25) is 0 Å². The summed E-state index contributed by atoms with van der Waals surface area (Å²) in [4.78, 5) is 6.88. The number of hydrogen-bond acceptors (Lipinski definition) is 3. The third-order valence-electron chi connectivity index (χ3n) is 2.11. The van der Waals surface area contributed by atoms with Crippen LogP contribution in [0.5, 0.6) is 0 Å². The molecule has 1 unspecified atom stereocenters. The van der Waals surface area contributed by atoms with E-state index in [1.54, 1.807) is 29.3 Å². The molecule has 0 aliphatic rings. The van der Waals surface area contributed by atoms with Crippen molar-refractivity contribution >= 4 is 0 Å². The number of aromatic amines is 1. The fourth-order valence-electron chi connectivity index (χ4n) is 1.41. The van der Waals surface area contributed by atoms with E-state index >= 15 is 0 Å². The van der Waals surface area contributed by atoms with Crippen molar-refractivity contribution in [2.45, 2.75) is 19.6 Å². The molecule has 0 aromatic carbocycles. The van der Waals surface area contributed by atoms with Crippen molar-refractivity contribution in [3.8, 4) is 0 Å². The Kier molecular flexibility index (Phi) is 2.32. The Bertz CT molecular complexity index is 393. The Hall–Kier alpha value is -1.62. The minimum atomic E-state index is -0.729. The van der Waals surface area contributed by atoms with Crippen molar-refractivity contribution in [2.75, 3.05) is 0 Å². The summed E-state index contributed by atoms with van der Waals surface area (Å²) >= 11 is 0. The van der Waals surface area contributed by atoms with Crippen LogP contribution in [-0.4, -0.2) is 24.9 Å². The van der Waals surface area contributed by atoms with E-state index in [0.717, 1.165) is 12.2 Å². The zero-order chi connectivity index (χ0) is 9.97. The van der Waals surface area contributed by atoms with Crippen LogP contribution in [-0.2, 0) is 6.54 Å². The van der Waals surface area contributed by atoms with E-state index in [0.29, 0.717) is 5.82 Å². The lowest BCUT2D eigenvalue weighted by Gasteiger charge is -2.09. The van der Waals surface area contributed by atoms with E-state index in [-0.39, 0.29) is 0 Å². The first-order valence-electron chi connectivity index (χ1n) is 4.52. The number of nitrogens with one attached hydrogen (secondary N) is 1. The molecule has 2 rings (SSSR count). The quantitative estimate of drug-likeness (QED) is 0.752. The molecule has 2 aromatic heterocycles. The van der Waals surface area contributed by atoms with E-state index in [1.165, 1.54) is 0 Å². The van der Waals surface area contributed by atoms with Gasteiger partial charge in [-0.25, -0.2) is 4.98 Å².